The van der Waals surface area contributed by atoms with Gasteiger partial charge in [0, 0.05) is 32.1 Å². The second kappa shape index (κ2) is 11.6. The van der Waals surface area contributed by atoms with E-state index in [4.69, 9.17) is 15.2 Å². The van der Waals surface area contributed by atoms with Crippen molar-refractivity contribution in [1.29, 1.82) is 0 Å². The number of anilines is 1. The minimum Gasteiger partial charge on any atom is -0.381 e. The molecule has 0 atom stereocenters. The number of ether oxygens (including phenoxy) is 2. The first-order valence-corrected chi connectivity index (χ1v) is 8.13. The Morgan fingerprint density at radius 3 is 2.65 bits per heavy atom. The highest BCUT2D eigenvalue weighted by Crippen LogP contribution is 2.11. The van der Waals surface area contributed by atoms with Gasteiger partial charge in [-0.05, 0) is 43.4 Å². The van der Waals surface area contributed by atoms with Gasteiger partial charge in [0.1, 0.15) is 0 Å². The number of aliphatic imine (C=N–C) groups is 1. The number of rotatable bonds is 7. The van der Waals surface area contributed by atoms with Crippen molar-refractivity contribution in [3.63, 3.8) is 0 Å². The zero-order valence-corrected chi connectivity index (χ0v) is 16.1. The van der Waals surface area contributed by atoms with Crippen LogP contribution in [0.2, 0.25) is 0 Å². The Hall–Kier alpha value is -0.860. The molecular weight excluding hydrogens is 405 g/mol. The third-order valence-corrected chi connectivity index (χ3v) is 3.74. The van der Waals surface area contributed by atoms with Crippen LogP contribution in [-0.2, 0) is 15.9 Å². The Bertz CT molecular complexity index is 459. The predicted molar refractivity (Wildman–Crippen MR) is 106 cm³/mol. The van der Waals surface area contributed by atoms with Crippen LogP contribution in [0, 0.1) is 0 Å². The second-order valence-electron chi connectivity index (χ2n) is 5.48. The highest BCUT2D eigenvalue weighted by atomic mass is 127. The molecule has 23 heavy (non-hydrogen) atoms. The van der Waals surface area contributed by atoms with Gasteiger partial charge in [-0.1, -0.05) is 19.1 Å². The van der Waals surface area contributed by atoms with Gasteiger partial charge in [0.15, 0.2) is 5.96 Å². The van der Waals surface area contributed by atoms with Crippen LogP contribution in [-0.4, -0.2) is 38.4 Å². The fourth-order valence-electron chi connectivity index (χ4n) is 2.37. The topological polar surface area (TPSA) is 68.9 Å². The Morgan fingerprint density at radius 2 is 2.00 bits per heavy atom. The van der Waals surface area contributed by atoms with Crippen molar-refractivity contribution in [2.75, 3.05) is 31.7 Å². The summed E-state index contributed by atoms with van der Waals surface area (Å²) in [7, 11) is 0. The van der Waals surface area contributed by atoms with E-state index in [0.29, 0.717) is 18.6 Å². The molecule has 0 unspecified atom stereocenters. The average Bonchev–Trinajstić information content (AvgIpc) is 2.56. The summed E-state index contributed by atoms with van der Waals surface area (Å²) in [6.45, 7) is 5.18. The molecule has 3 N–H and O–H groups in total. The van der Waals surface area contributed by atoms with E-state index in [-0.39, 0.29) is 24.0 Å². The van der Waals surface area contributed by atoms with E-state index in [0.717, 1.165) is 51.2 Å². The molecule has 1 aliphatic heterocycles. The van der Waals surface area contributed by atoms with Gasteiger partial charge in [-0.25, -0.2) is 0 Å². The molecule has 1 aromatic carbocycles. The molecule has 1 heterocycles. The van der Waals surface area contributed by atoms with Crippen LogP contribution < -0.4 is 11.1 Å². The van der Waals surface area contributed by atoms with Crippen molar-refractivity contribution in [3.8, 4) is 0 Å². The maximum Gasteiger partial charge on any atom is 0.193 e. The van der Waals surface area contributed by atoms with Crippen LogP contribution in [0.25, 0.3) is 0 Å². The molecule has 0 saturated carbocycles. The third-order valence-electron chi connectivity index (χ3n) is 3.74. The van der Waals surface area contributed by atoms with Crippen LogP contribution in [0.4, 0.5) is 5.69 Å². The first-order chi connectivity index (χ1) is 10.8. The van der Waals surface area contributed by atoms with Gasteiger partial charge in [-0.15, -0.1) is 24.0 Å². The Labute approximate surface area is 156 Å². The number of hydrogen-bond acceptors (Lipinski definition) is 3. The van der Waals surface area contributed by atoms with E-state index in [1.165, 1.54) is 5.56 Å². The lowest BCUT2D eigenvalue weighted by atomic mass is 10.1. The minimum absolute atomic E-state index is 0. The van der Waals surface area contributed by atoms with Crippen molar-refractivity contribution in [3.05, 3.63) is 29.8 Å². The predicted octanol–water partition coefficient (Wildman–Crippen LogP) is 3.18. The zero-order valence-electron chi connectivity index (χ0n) is 13.8. The zero-order chi connectivity index (χ0) is 15.6. The van der Waals surface area contributed by atoms with Gasteiger partial charge in [0.2, 0.25) is 0 Å². The molecular formula is C17H28IN3O2. The summed E-state index contributed by atoms with van der Waals surface area (Å²) < 4.78 is 11.1. The number of hydrogen-bond donors (Lipinski definition) is 2. The molecule has 1 aliphatic rings. The van der Waals surface area contributed by atoms with E-state index in [1.807, 2.05) is 12.1 Å². The Balaban J connectivity index is 0.00000264. The number of nitrogens with zero attached hydrogens (tertiary/aromatic N) is 1. The summed E-state index contributed by atoms with van der Waals surface area (Å²) in [6, 6.07) is 8.24. The average molecular weight is 433 g/mol. The van der Waals surface area contributed by atoms with Crippen LogP contribution in [0.3, 0.4) is 0 Å². The van der Waals surface area contributed by atoms with Crippen LogP contribution in [0.1, 0.15) is 31.7 Å². The van der Waals surface area contributed by atoms with Gasteiger partial charge in [0.25, 0.3) is 0 Å². The highest BCUT2D eigenvalue weighted by Gasteiger charge is 2.13. The van der Waals surface area contributed by atoms with Crippen molar-refractivity contribution in [1.82, 2.24) is 0 Å². The molecule has 130 valence electrons. The van der Waals surface area contributed by atoms with E-state index < -0.39 is 0 Å². The molecule has 0 spiro atoms. The number of nitrogens with two attached hydrogens (primary N) is 1. The van der Waals surface area contributed by atoms with Crippen molar-refractivity contribution >= 4 is 35.6 Å². The lowest BCUT2D eigenvalue weighted by Crippen LogP contribution is -2.24. The SMILES string of the molecule is CCc1ccc(NC(N)=NCCCOC2CCOCC2)cc1.I. The standard InChI is InChI=1S/C17H27N3O2.HI/c1-2-14-4-6-15(7-5-14)20-17(18)19-10-3-11-22-16-8-12-21-13-9-16;/h4-7,16H,2-3,8-13H2,1H3,(H3,18,19,20);1H. The van der Waals surface area contributed by atoms with E-state index in [2.05, 4.69) is 29.4 Å². The monoisotopic (exact) mass is 433 g/mol. The van der Waals surface area contributed by atoms with Crippen molar-refractivity contribution < 1.29 is 9.47 Å². The van der Waals surface area contributed by atoms with Crippen LogP contribution >= 0.6 is 24.0 Å². The van der Waals surface area contributed by atoms with Crippen molar-refractivity contribution in [2.45, 2.75) is 38.7 Å². The fraction of sp³-hybridized carbons (Fsp3) is 0.588. The largest absolute Gasteiger partial charge is 0.381 e. The summed E-state index contributed by atoms with van der Waals surface area (Å²) in [5.41, 5.74) is 8.16. The van der Waals surface area contributed by atoms with E-state index in [9.17, 15) is 0 Å². The lowest BCUT2D eigenvalue weighted by molar-refractivity contribution is -0.0318. The highest BCUT2D eigenvalue weighted by molar-refractivity contribution is 14.0. The van der Waals surface area contributed by atoms with Gasteiger partial charge < -0.3 is 20.5 Å². The molecule has 0 radical (unpaired) electrons. The van der Waals surface area contributed by atoms with Crippen molar-refractivity contribution in [2.24, 2.45) is 10.7 Å². The smallest absolute Gasteiger partial charge is 0.193 e. The van der Waals surface area contributed by atoms with Gasteiger partial charge in [-0.2, -0.15) is 0 Å². The maximum absolute atomic E-state index is 5.88. The number of guanidine groups is 1. The summed E-state index contributed by atoms with van der Waals surface area (Å²) >= 11 is 0. The van der Waals surface area contributed by atoms with Gasteiger partial charge >= 0.3 is 0 Å². The van der Waals surface area contributed by atoms with Crippen LogP contribution in [0.15, 0.2) is 29.3 Å². The first-order valence-electron chi connectivity index (χ1n) is 8.13. The lowest BCUT2D eigenvalue weighted by Gasteiger charge is -2.22. The normalized spacial score (nSPS) is 16.0. The molecule has 5 nitrogen and oxygen atoms in total. The molecule has 0 aliphatic carbocycles. The molecule has 0 amide bonds. The van der Waals surface area contributed by atoms with Gasteiger partial charge in [0.05, 0.1) is 6.10 Å². The summed E-state index contributed by atoms with van der Waals surface area (Å²) in [5, 5.41) is 3.10. The summed E-state index contributed by atoms with van der Waals surface area (Å²) in [6.07, 6.45) is 4.28. The molecule has 0 aromatic heterocycles. The first kappa shape index (κ1) is 20.2. The van der Waals surface area contributed by atoms with E-state index >= 15 is 0 Å². The van der Waals surface area contributed by atoms with E-state index in [1.54, 1.807) is 0 Å². The molecule has 0 bridgehead atoms. The number of nitrogens with one attached hydrogen (secondary N) is 1. The Morgan fingerprint density at radius 1 is 1.30 bits per heavy atom. The maximum atomic E-state index is 5.88. The minimum atomic E-state index is 0. The summed E-state index contributed by atoms with van der Waals surface area (Å²) in [4.78, 5) is 4.32. The number of halogens is 1. The molecule has 1 fully saturated rings. The van der Waals surface area contributed by atoms with Crippen LogP contribution in [0.5, 0.6) is 0 Å². The fourth-order valence-corrected chi connectivity index (χ4v) is 2.37. The summed E-state index contributed by atoms with van der Waals surface area (Å²) in [5.74, 6) is 0.454. The quantitative estimate of drug-likeness (QED) is 0.300. The Kier molecular flexibility index (Phi) is 10.2. The molecule has 6 heteroatoms. The number of aryl methyl sites for hydroxylation is 1. The number of benzene rings is 1. The molecule has 1 aromatic rings. The molecule has 1 saturated heterocycles. The van der Waals surface area contributed by atoms with Gasteiger partial charge in [-0.3, -0.25) is 4.99 Å². The third kappa shape index (κ3) is 7.99. The second-order valence-corrected chi connectivity index (χ2v) is 5.48. The molecule has 2 rings (SSSR count).